The zero-order valence-corrected chi connectivity index (χ0v) is 37.9. The van der Waals surface area contributed by atoms with Crippen molar-refractivity contribution in [1.82, 2.24) is 0 Å². The van der Waals surface area contributed by atoms with E-state index in [1.54, 1.807) is 0 Å². The van der Waals surface area contributed by atoms with E-state index >= 15 is 0 Å². The van der Waals surface area contributed by atoms with E-state index in [2.05, 4.69) is 0 Å². The highest BCUT2D eigenvalue weighted by Crippen LogP contribution is 2.40. The highest BCUT2D eigenvalue weighted by atomic mass is 19.4. The van der Waals surface area contributed by atoms with Gasteiger partial charge in [0.25, 0.3) is 0 Å². The van der Waals surface area contributed by atoms with Gasteiger partial charge >= 0.3 is 36.1 Å². The molecule has 0 aliphatic rings. The second-order valence-electron chi connectivity index (χ2n) is 16.1. The number of hydrogen-bond donors (Lipinski definition) is 4. The summed E-state index contributed by atoms with van der Waals surface area (Å²) in [4.78, 5) is 52.2. The van der Waals surface area contributed by atoms with Crippen LogP contribution in [0.3, 0.4) is 0 Å². The van der Waals surface area contributed by atoms with Gasteiger partial charge in [-0.05, 0) is 127 Å². The number of carbonyl (C=O) groups excluding carboxylic acids is 4. The van der Waals surface area contributed by atoms with Crippen molar-refractivity contribution in [3.63, 3.8) is 0 Å². The van der Waals surface area contributed by atoms with Crippen LogP contribution in [0.4, 0.5) is 55.3 Å². The van der Waals surface area contributed by atoms with Crippen LogP contribution in [0.25, 0.3) is 12.2 Å². The third kappa shape index (κ3) is 15.9. The summed E-state index contributed by atoms with van der Waals surface area (Å²) in [7, 11) is 0. The van der Waals surface area contributed by atoms with Gasteiger partial charge in [-0.25, -0.2) is 9.59 Å². The predicted molar refractivity (Wildman–Crippen MR) is 245 cm³/mol. The van der Waals surface area contributed by atoms with E-state index in [9.17, 15) is 73.3 Å². The lowest BCUT2D eigenvalue weighted by atomic mass is 9.82. The van der Waals surface area contributed by atoms with Crippen molar-refractivity contribution >= 4 is 47.0 Å². The van der Waals surface area contributed by atoms with Gasteiger partial charge in [0.15, 0.2) is 5.78 Å². The van der Waals surface area contributed by atoms with Gasteiger partial charge in [-0.3, -0.25) is 9.59 Å². The fourth-order valence-corrected chi connectivity index (χ4v) is 6.56. The van der Waals surface area contributed by atoms with Crippen molar-refractivity contribution in [3.05, 3.63) is 155 Å². The third-order valence-electron chi connectivity index (χ3n) is 10.6. The van der Waals surface area contributed by atoms with Crippen molar-refractivity contribution in [3.8, 4) is 23.0 Å². The second kappa shape index (κ2) is 23.7. The van der Waals surface area contributed by atoms with Crippen molar-refractivity contribution in [2.45, 2.75) is 68.0 Å². The van der Waals surface area contributed by atoms with Gasteiger partial charge in [-0.15, -0.1) is 0 Å². The summed E-state index contributed by atoms with van der Waals surface area (Å²) in [6.07, 6.45) is -11.5. The fraction of sp³-hybridized carbons (Fsp3) is 0.255. The van der Waals surface area contributed by atoms with Gasteiger partial charge in [-0.1, -0.05) is 42.5 Å². The number of anilines is 2. The summed E-state index contributed by atoms with van der Waals surface area (Å²) in [5.74, 6) is -17.7. The van der Waals surface area contributed by atoms with Crippen molar-refractivity contribution in [1.29, 1.82) is 0 Å². The lowest BCUT2D eigenvalue weighted by Gasteiger charge is -2.30. The smallest absolute Gasteiger partial charge is 0.453 e. The number of alkyl halides is 10. The molecular weight excluding hydrogens is 991 g/mol. The molecule has 0 fully saturated rings. The number of ketones is 2. The van der Waals surface area contributed by atoms with E-state index in [-0.39, 0.29) is 51.1 Å². The first-order valence-electron chi connectivity index (χ1n) is 21.7. The average Bonchev–Trinajstić information content (AvgIpc) is 3.32. The summed E-state index contributed by atoms with van der Waals surface area (Å²) in [6, 6.07) is 25.8. The van der Waals surface area contributed by atoms with E-state index in [1.807, 2.05) is 0 Å². The van der Waals surface area contributed by atoms with Crippen molar-refractivity contribution in [2.24, 2.45) is 0 Å². The SMILES string of the molecule is Nc1ccc(C(CC(=O)C=Cc2ccc(OC(=O)c3ccc(OCCCC(F)(F)C(F)(F)F)cc3)cc2)C(O)(O)C(=O)C=Cc2ccc(OC(=O)c3ccc(OCCCC(F)(F)C(F)(F)F)cc3)cc2)c(N)c1. The maximum atomic E-state index is 13.4. The molecule has 22 heteroatoms. The van der Waals surface area contributed by atoms with Crippen LogP contribution in [0.2, 0.25) is 0 Å². The Morgan fingerprint density at radius 1 is 0.534 bits per heavy atom. The lowest BCUT2D eigenvalue weighted by molar-refractivity contribution is -0.284. The molecule has 0 bridgehead atoms. The van der Waals surface area contributed by atoms with Crippen molar-refractivity contribution < 1.29 is 92.2 Å². The maximum absolute atomic E-state index is 13.4. The number of benzene rings is 5. The Bertz CT molecular complexity index is 2760. The topological polar surface area (TPSA) is 198 Å². The van der Waals surface area contributed by atoms with Gasteiger partial charge in [0, 0.05) is 30.6 Å². The highest BCUT2D eigenvalue weighted by molar-refractivity contribution is 6.01. The summed E-state index contributed by atoms with van der Waals surface area (Å²) >= 11 is 0. The molecule has 5 aromatic rings. The molecule has 5 rings (SSSR count). The Balaban J connectivity index is 1.14. The minimum atomic E-state index is -5.67. The quantitative estimate of drug-likeness (QED) is 0.00920. The molecule has 388 valence electrons. The molecule has 12 nitrogen and oxygen atoms in total. The Labute approximate surface area is 409 Å². The zero-order chi connectivity index (χ0) is 53.8. The number of aliphatic hydroxyl groups is 2. The first kappa shape index (κ1) is 56.2. The molecular formula is C51H44F10N2O10. The van der Waals surface area contributed by atoms with Gasteiger partial charge in [0.2, 0.25) is 11.6 Å². The van der Waals surface area contributed by atoms with Gasteiger partial charge in [-0.2, -0.15) is 43.9 Å². The van der Waals surface area contributed by atoms with Gasteiger partial charge in [0.1, 0.15) is 23.0 Å². The maximum Gasteiger partial charge on any atom is 0.453 e. The molecule has 0 saturated carbocycles. The molecule has 6 N–H and O–H groups in total. The average molecular weight is 1030 g/mol. The molecule has 5 aromatic carbocycles. The molecule has 0 amide bonds. The Morgan fingerprint density at radius 2 is 0.932 bits per heavy atom. The minimum Gasteiger partial charge on any atom is -0.494 e. The van der Waals surface area contributed by atoms with Crippen LogP contribution in [-0.4, -0.2) is 76.9 Å². The van der Waals surface area contributed by atoms with Gasteiger partial charge in [0.05, 0.1) is 30.3 Å². The standard InChI is InChI=1S/C51H44F10N2O10/c52-47(53,50(56,57)58)25-1-27-70-37-19-9-33(10-20-37)45(66)72-39-15-4-31(5-16-39)3-14-36(64)30-42(41-23-13-35(62)29-43(41)63)49(68,69)44(65)24-8-32-6-17-40(18-7-32)73-46(67)34-11-21-38(22-12-34)71-28-2-26-48(54,55)51(59,60)61/h3-24,29,42,68-69H,1-2,25-28,30,62-63H2. The number of halogens is 10. The Hall–Kier alpha value is -7.72. The summed E-state index contributed by atoms with van der Waals surface area (Å²) in [6.45, 7) is -0.866. The predicted octanol–water partition coefficient (Wildman–Crippen LogP) is 10.7. The number of nitrogen functional groups attached to an aromatic ring is 2. The zero-order valence-electron chi connectivity index (χ0n) is 37.9. The molecule has 0 spiro atoms. The summed E-state index contributed by atoms with van der Waals surface area (Å²) in [5, 5.41) is 22.7. The molecule has 0 aliphatic heterocycles. The number of hydrogen-bond acceptors (Lipinski definition) is 12. The second-order valence-corrected chi connectivity index (χ2v) is 16.1. The highest BCUT2D eigenvalue weighted by Gasteiger charge is 2.57. The van der Waals surface area contributed by atoms with E-state index in [0.717, 1.165) is 12.2 Å². The van der Waals surface area contributed by atoms with E-state index in [0.29, 0.717) is 11.1 Å². The first-order chi connectivity index (χ1) is 34.1. The largest absolute Gasteiger partial charge is 0.494 e. The van der Waals surface area contributed by atoms with Gasteiger partial charge < -0.3 is 40.6 Å². The number of esters is 2. The minimum absolute atomic E-state index is 0.0174. The summed E-state index contributed by atoms with van der Waals surface area (Å²) < 4.78 is 148. The van der Waals surface area contributed by atoms with E-state index in [1.165, 1.54) is 127 Å². The van der Waals surface area contributed by atoms with E-state index < -0.39 is 105 Å². The number of allylic oxidation sites excluding steroid dienone is 1. The monoisotopic (exact) mass is 1030 g/mol. The molecule has 0 radical (unpaired) electrons. The molecule has 0 aromatic heterocycles. The van der Waals surface area contributed by atoms with Crippen LogP contribution in [0.5, 0.6) is 23.0 Å². The molecule has 0 heterocycles. The van der Waals surface area contributed by atoms with E-state index in [4.69, 9.17) is 30.4 Å². The normalized spacial score (nSPS) is 12.9. The first-order valence-corrected chi connectivity index (χ1v) is 21.7. The third-order valence-corrected chi connectivity index (χ3v) is 10.6. The molecule has 73 heavy (non-hydrogen) atoms. The lowest BCUT2D eigenvalue weighted by Crippen LogP contribution is -2.44. The van der Waals surface area contributed by atoms with Crippen LogP contribution < -0.4 is 30.4 Å². The number of ether oxygens (including phenoxy) is 4. The number of nitrogens with two attached hydrogens (primary N) is 2. The van der Waals surface area contributed by atoms with Crippen LogP contribution in [0.1, 0.15) is 75.4 Å². The Kier molecular flexibility index (Phi) is 18.2. The molecule has 0 saturated heterocycles. The molecule has 1 atom stereocenters. The molecule has 1 unspecified atom stereocenters. The Morgan fingerprint density at radius 3 is 1.33 bits per heavy atom. The van der Waals surface area contributed by atoms with Crippen LogP contribution in [0.15, 0.2) is 127 Å². The molecule has 0 aliphatic carbocycles. The van der Waals surface area contributed by atoms with Crippen LogP contribution in [-0.2, 0) is 9.59 Å². The number of carbonyl (C=O) groups is 4. The van der Waals surface area contributed by atoms with Crippen LogP contribution >= 0.6 is 0 Å². The van der Waals surface area contributed by atoms with Crippen LogP contribution in [0, 0.1) is 0 Å². The fourth-order valence-electron chi connectivity index (χ4n) is 6.56. The van der Waals surface area contributed by atoms with Crippen molar-refractivity contribution in [2.75, 3.05) is 24.7 Å². The summed E-state index contributed by atoms with van der Waals surface area (Å²) in [5.41, 5.74) is 13.0. The number of rotatable bonds is 23.